The number of rotatable bonds is 16. The van der Waals surface area contributed by atoms with Crippen LogP contribution in [-0.4, -0.2) is 70.8 Å². The quantitative estimate of drug-likeness (QED) is 0.170. The van der Waals surface area contributed by atoms with Crippen LogP contribution in [0.15, 0.2) is 49.6 Å². The van der Waals surface area contributed by atoms with Gasteiger partial charge < -0.3 is 28.4 Å². The second-order valence-electron chi connectivity index (χ2n) is 5.48. The molecule has 0 aliphatic heterocycles. The fourth-order valence-electron chi connectivity index (χ4n) is 1.93. The molecule has 0 fully saturated rings. The zero-order valence-electron chi connectivity index (χ0n) is 16.7. The van der Waals surface area contributed by atoms with Gasteiger partial charge in [-0.25, -0.2) is 14.4 Å². The molecule has 0 amide bonds. The monoisotopic (exact) mass is 422 g/mol. The zero-order chi connectivity index (χ0) is 22.0. The van der Waals surface area contributed by atoms with Crippen molar-refractivity contribution in [2.45, 2.75) is 0 Å². The Bertz CT molecular complexity index is 699. The minimum Gasteiger partial charge on any atom is -0.491 e. The van der Waals surface area contributed by atoms with Gasteiger partial charge in [-0.2, -0.15) is 0 Å². The van der Waals surface area contributed by atoms with Crippen LogP contribution in [0.25, 0.3) is 0 Å². The van der Waals surface area contributed by atoms with Crippen LogP contribution < -0.4 is 4.74 Å². The van der Waals surface area contributed by atoms with E-state index in [4.69, 9.17) is 28.4 Å². The van der Waals surface area contributed by atoms with Crippen LogP contribution in [0.5, 0.6) is 5.75 Å². The van der Waals surface area contributed by atoms with E-state index in [9.17, 15) is 14.4 Å². The van der Waals surface area contributed by atoms with Crippen molar-refractivity contribution in [1.82, 2.24) is 0 Å². The molecular formula is C21H26O9. The molecule has 0 spiro atoms. The van der Waals surface area contributed by atoms with Crippen LogP contribution in [0, 0.1) is 0 Å². The van der Waals surface area contributed by atoms with Gasteiger partial charge in [-0.1, -0.05) is 19.2 Å². The van der Waals surface area contributed by atoms with Gasteiger partial charge in [0.15, 0.2) is 0 Å². The molecule has 0 bridgehead atoms. The van der Waals surface area contributed by atoms with Gasteiger partial charge in [0.2, 0.25) is 0 Å². The van der Waals surface area contributed by atoms with Gasteiger partial charge in [0.25, 0.3) is 0 Å². The summed E-state index contributed by atoms with van der Waals surface area (Å²) < 4.78 is 30.6. The molecule has 0 atom stereocenters. The molecule has 9 heteroatoms. The molecule has 0 saturated carbocycles. The van der Waals surface area contributed by atoms with Gasteiger partial charge >= 0.3 is 17.9 Å². The summed E-state index contributed by atoms with van der Waals surface area (Å²) in [6, 6.07) is 6.54. The highest BCUT2D eigenvalue weighted by Gasteiger charge is 2.08. The molecule has 0 heterocycles. The van der Waals surface area contributed by atoms with E-state index in [-0.39, 0.29) is 46.2 Å². The van der Waals surface area contributed by atoms with Gasteiger partial charge in [0, 0.05) is 12.2 Å². The van der Waals surface area contributed by atoms with Gasteiger partial charge in [0.1, 0.15) is 32.2 Å². The first-order valence-corrected chi connectivity index (χ1v) is 9.20. The minimum absolute atomic E-state index is 0.0591. The highest BCUT2D eigenvalue weighted by Crippen LogP contribution is 2.14. The third-order valence-electron chi connectivity index (χ3n) is 3.30. The molecule has 164 valence electrons. The second kappa shape index (κ2) is 15.7. The molecule has 1 aromatic rings. The number of hydrogen-bond donors (Lipinski definition) is 0. The Labute approximate surface area is 175 Å². The summed E-state index contributed by atoms with van der Waals surface area (Å²) in [5, 5.41) is 0. The average molecular weight is 422 g/mol. The Morgan fingerprint density at radius 1 is 0.733 bits per heavy atom. The maximum atomic E-state index is 12.1. The SMILES string of the molecule is C=CC(=O)OCCOCCOC(=O)c1cccc(OCCOCCOC(=O)C=C)c1. The van der Waals surface area contributed by atoms with Crippen molar-refractivity contribution in [2.24, 2.45) is 0 Å². The van der Waals surface area contributed by atoms with Crippen LogP contribution in [0.3, 0.4) is 0 Å². The van der Waals surface area contributed by atoms with Crippen LogP contribution in [0.2, 0.25) is 0 Å². The number of carbonyl (C=O) groups is 3. The predicted molar refractivity (Wildman–Crippen MR) is 106 cm³/mol. The van der Waals surface area contributed by atoms with Gasteiger partial charge in [-0.3, -0.25) is 0 Å². The topological polar surface area (TPSA) is 107 Å². The third kappa shape index (κ3) is 11.6. The summed E-state index contributed by atoms with van der Waals surface area (Å²) in [5.41, 5.74) is 0.338. The van der Waals surface area contributed by atoms with Crippen LogP contribution in [0.1, 0.15) is 10.4 Å². The lowest BCUT2D eigenvalue weighted by Gasteiger charge is -2.09. The minimum atomic E-state index is -0.521. The number of carbonyl (C=O) groups excluding carboxylic acids is 3. The fourth-order valence-corrected chi connectivity index (χ4v) is 1.93. The molecule has 0 saturated heterocycles. The van der Waals surface area contributed by atoms with Gasteiger partial charge in [0.05, 0.1) is 32.0 Å². The normalized spacial score (nSPS) is 10.0. The number of hydrogen-bond acceptors (Lipinski definition) is 9. The molecule has 0 aliphatic carbocycles. The van der Waals surface area contributed by atoms with Crippen LogP contribution in [0.4, 0.5) is 0 Å². The molecule has 30 heavy (non-hydrogen) atoms. The number of ether oxygens (including phenoxy) is 6. The average Bonchev–Trinajstić information content (AvgIpc) is 2.77. The fraction of sp³-hybridized carbons (Fsp3) is 0.381. The van der Waals surface area contributed by atoms with E-state index in [0.29, 0.717) is 17.9 Å². The molecule has 0 aromatic heterocycles. The number of esters is 3. The van der Waals surface area contributed by atoms with E-state index < -0.39 is 17.9 Å². The van der Waals surface area contributed by atoms with E-state index in [0.717, 1.165) is 12.2 Å². The largest absolute Gasteiger partial charge is 0.491 e. The molecule has 0 aliphatic rings. The lowest BCUT2D eigenvalue weighted by Crippen LogP contribution is -2.14. The maximum absolute atomic E-state index is 12.1. The van der Waals surface area contributed by atoms with E-state index in [1.807, 2.05) is 0 Å². The maximum Gasteiger partial charge on any atom is 0.338 e. The van der Waals surface area contributed by atoms with E-state index in [2.05, 4.69) is 13.2 Å². The summed E-state index contributed by atoms with van der Waals surface area (Å²) in [7, 11) is 0. The van der Waals surface area contributed by atoms with Gasteiger partial charge in [-0.15, -0.1) is 0 Å². The standard InChI is InChI=1S/C21H26O9/c1-3-19(22)28-13-9-25-8-12-27-18-7-5-6-17(16-18)21(24)30-15-11-26-10-14-29-20(23)4-2/h3-7,16H,1-2,8-15H2. The Morgan fingerprint density at radius 3 is 1.83 bits per heavy atom. The summed E-state index contributed by atoms with van der Waals surface area (Å²) >= 11 is 0. The number of benzene rings is 1. The highest BCUT2D eigenvalue weighted by molar-refractivity contribution is 5.89. The van der Waals surface area contributed by atoms with Crippen molar-refractivity contribution >= 4 is 17.9 Å². The summed E-state index contributed by atoms with van der Waals surface area (Å²) in [6.07, 6.45) is 2.15. The summed E-state index contributed by atoms with van der Waals surface area (Å²) in [4.78, 5) is 33.7. The molecule has 0 N–H and O–H groups in total. The van der Waals surface area contributed by atoms with E-state index in [1.165, 1.54) is 0 Å². The van der Waals surface area contributed by atoms with Crippen molar-refractivity contribution in [3.05, 3.63) is 55.1 Å². The summed E-state index contributed by atoms with van der Waals surface area (Å²) in [6.45, 7) is 8.02. The van der Waals surface area contributed by atoms with Crippen molar-refractivity contribution in [3.63, 3.8) is 0 Å². The molecule has 1 rings (SSSR count). The van der Waals surface area contributed by atoms with Gasteiger partial charge in [-0.05, 0) is 18.2 Å². The molecule has 0 unspecified atom stereocenters. The first-order valence-electron chi connectivity index (χ1n) is 9.20. The molecule has 9 nitrogen and oxygen atoms in total. The summed E-state index contributed by atoms with van der Waals surface area (Å²) in [5.74, 6) is -1.04. The first kappa shape index (κ1) is 24.9. The van der Waals surface area contributed by atoms with Crippen molar-refractivity contribution in [3.8, 4) is 5.75 Å². The molecule has 1 aromatic carbocycles. The van der Waals surface area contributed by atoms with Crippen molar-refractivity contribution < 1.29 is 42.8 Å². The van der Waals surface area contributed by atoms with Crippen LogP contribution >= 0.6 is 0 Å². The Kier molecular flexibility index (Phi) is 13.0. The Hall–Kier alpha value is -3.17. The smallest absolute Gasteiger partial charge is 0.338 e. The predicted octanol–water partition coefficient (Wildman–Crippen LogP) is 1.71. The zero-order valence-corrected chi connectivity index (χ0v) is 16.7. The molecule has 0 radical (unpaired) electrons. The lowest BCUT2D eigenvalue weighted by atomic mass is 10.2. The first-order chi connectivity index (χ1) is 14.6. The molecular weight excluding hydrogens is 396 g/mol. The van der Waals surface area contributed by atoms with E-state index in [1.54, 1.807) is 24.3 Å². The van der Waals surface area contributed by atoms with Crippen molar-refractivity contribution in [1.29, 1.82) is 0 Å². The Morgan fingerprint density at radius 2 is 1.27 bits per heavy atom. The van der Waals surface area contributed by atoms with E-state index >= 15 is 0 Å². The van der Waals surface area contributed by atoms with Crippen LogP contribution in [-0.2, 0) is 33.3 Å². The highest BCUT2D eigenvalue weighted by atomic mass is 16.6. The Balaban J connectivity index is 2.17. The lowest BCUT2D eigenvalue weighted by molar-refractivity contribution is -0.140. The third-order valence-corrected chi connectivity index (χ3v) is 3.30. The van der Waals surface area contributed by atoms with Crippen molar-refractivity contribution in [2.75, 3.05) is 52.9 Å². The second-order valence-corrected chi connectivity index (χ2v) is 5.48.